The van der Waals surface area contributed by atoms with Crippen molar-refractivity contribution in [3.63, 3.8) is 0 Å². The zero-order valence-corrected chi connectivity index (χ0v) is 12.2. The Morgan fingerprint density at radius 1 is 1.57 bits per heavy atom. The summed E-state index contributed by atoms with van der Waals surface area (Å²) in [7, 11) is 1.78. The normalized spacial score (nSPS) is 21.6. The minimum absolute atomic E-state index is 0.0413. The van der Waals surface area contributed by atoms with Gasteiger partial charge in [-0.15, -0.1) is 0 Å². The van der Waals surface area contributed by atoms with E-state index in [1.165, 1.54) is 0 Å². The first-order valence-electron chi connectivity index (χ1n) is 7.04. The summed E-state index contributed by atoms with van der Waals surface area (Å²) >= 11 is 0. The van der Waals surface area contributed by atoms with E-state index in [0.717, 1.165) is 18.1 Å². The number of hydrogen-bond donors (Lipinski definition) is 2. The fraction of sp³-hybridized carbons (Fsp3) is 0.500. The van der Waals surface area contributed by atoms with Crippen molar-refractivity contribution >= 4 is 5.91 Å². The van der Waals surface area contributed by atoms with E-state index < -0.39 is 0 Å². The molecular weight excluding hydrogens is 270 g/mol. The number of amides is 1. The van der Waals surface area contributed by atoms with Crippen LogP contribution in [-0.4, -0.2) is 57.3 Å². The summed E-state index contributed by atoms with van der Waals surface area (Å²) in [5.74, 6) is 1.66. The number of aromatic amines is 2. The summed E-state index contributed by atoms with van der Waals surface area (Å²) in [6.45, 7) is 3.08. The third-order valence-electron chi connectivity index (χ3n) is 3.78. The molecule has 0 saturated carbocycles. The number of ether oxygens (including phenoxy) is 1. The molecule has 0 radical (unpaired) electrons. The van der Waals surface area contributed by atoms with Gasteiger partial charge in [0.1, 0.15) is 11.5 Å². The Morgan fingerprint density at radius 3 is 3.10 bits per heavy atom. The first-order chi connectivity index (χ1) is 10.1. The Balaban J connectivity index is 1.67. The average Bonchev–Trinajstić information content (AvgIpc) is 3.17. The summed E-state index contributed by atoms with van der Waals surface area (Å²) in [5, 5.41) is 7.09. The predicted molar refractivity (Wildman–Crippen MR) is 76.0 cm³/mol. The van der Waals surface area contributed by atoms with Gasteiger partial charge < -0.3 is 14.6 Å². The van der Waals surface area contributed by atoms with Gasteiger partial charge in [0.2, 0.25) is 0 Å². The summed E-state index contributed by atoms with van der Waals surface area (Å²) in [5.41, 5.74) is 0.584. The van der Waals surface area contributed by atoms with Gasteiger partial charge >= 0.3 is 0 Å². The van der Waals surface area contributed by atoms with Gasteiger partial charge in [0.25, 0.3) is 5.91 Å². The van der Waals surface area contributed by atoms with Crippen molar-refractivity contribution in [3.05, 3.63) is 35.7 Å². The minimum Gasteiger partial charge on any atom is -0.376 e. The molecule has 1 fully saturated rings. The van der Waals surface area contributed by atoms with Crippen LogP contribution in [0, 0.1) is 6.92 Å². The topological polar surface area (TPSA) is 86.9 Å². The van der Waals surface area contributed by atoms with E-state index in [2.05, 4.69) is 20.2 Å². The van der Waals surface area contributed by atoms with Gasteiger partial charge in [-0.1, -0.05) is 0 Å². The highest BCUT2D eigenvalue weighted by atomic mass is 16.5. The molecule has 3 heterocycles. The Bertz CT molecular complexity index is 607. The van der Waals surface area contributed by atoms with Crippen LogP contribution in [0.4, 0.5) is 0 Å². The average molecular weight is 289 g/mol. The number of hydrogen-bond acceptors (Lipinski definition) is 4. The largest absolute Gasteiger partial charge is 0.376 e. The van der Waals surface area contributed by atoms with Crippen LogP contribution in [0.25, 0.3) is 0 Å². The van der Waals surface area contributed by atoms with Crippen molar-refractivity contribution < 1.29 is 9.53 Å². The van der Waals surface area contributed by atoms with Crippen molar-refractivity contribution in [3.8, 4) is 0 Å². The molecule has 2 aromatic heterocycles. The molecule has 0 aliphatic carbocycles. The zero-order chi connectivity index (χ0) is 14.8. The molecule has 7 nitrogen and oxygen atoms in total. The third kappa shape index (κ3) is 2.82. The Labute approximate surface area is 122 Å². The molecule has 0 bridgehead atoms. The summed E-state index contributed by atoms with van der Waals surface area (Å²) < 4.78 is 5.77. The fourth-order valence-electron chi connectivity index (χ4n) is 2.67. The first kappa shape index (κ1) is 13.8. The Kier molecular flexibility index (Phi) is 3.74. The number of likely N-dealkylation sites (N-methyl/N-ethyl adjacent to an activating group) is 1. The highest BCUT2D eigenvalue weighted by molar-refractivity contribution is 5.92. The molecule has 2 N–H and O–H groups in total. The second kappa shape index (κ2) is 5.69. The second-order valence-corrected chi connectivity index (χ2v) is 5.35. The van der Waals surface area contributed by atoms with Gasteiger partial charge in [0.15, 0.2) is 5.82 Å². The van der Waals surface area contributed by atoms with Crippen molar-refractivity contribution in [1.29, 1.82) is 0 Å². The van der Waals surface area contributed by atoms with Crippen LogP contribution < -0.4 is 0 Å². The lowest BCUT2D eigenvalue weighted by molar-refractivity contribution is 0.0546. The molecule has 1 aliphatic heterocycles. The quantitative estimate of drug-likeness (QED) is 0.882. The van der Waals surface area contributed by atoms with Crippen molar-refractivity contribution in [1.82, 2.24) is 25.1 Å². The standard InChI is InChI=1S/C14H19N5O2/c1-9-16-13(18-17-9)10-5-7-21-12(10)8-19(2)14(20)11-4-3-6-15-11/h3-4,6,10,12,15H,5,7-8H2,1-2H3,(H,16,17,18)/t10-,12-/m1/s1. The van der Waals surface area contributed by atoms with E-state index in [1.54, 1.807) is 24.2 Å². The molecule has 1 amide bonds. The van der Waals surface area contributed by atoms with Crippen LogP contribution >= 0.6 is 0 Å². The van der Waals surface area contributed by atoms with Gasteiger partial charge in [-0.3, -0.25) is 9.89 Å². The molecule has 1 aliphatic rings. The maximum Gasteiger partial charge on any atom is 0.270 e. The molecule has 2 atom stereocenters. The van der Waals surface area contributed by atoms with E-state index in [0.29, 0.717) is 18.8 Å². The van der Waals surface area contributed by atoms with Gasteiger partial charge in [0.05, 0.1) is 12.0 Å². The highest BCUT2D eigenvalue weighted by Gasteiger charge is 2.34. The number of nitrogens with zero attached hydrogens (tertiary/aromatic N) is 3. The number of carbonyl (C=O) groups is 1. The summed E-state index contributed by atoms with van der Waals surface area (Å²) in [6, 6.07) is 3.58. The fourth-order valence-corrected chi connectivity index (χ4v) is 2.67. The second-order valence-electron chi connectivity index (χ2n) is 5.35. The molecular formula is C14H19N5O2. The maximum atomic E-state index is 12.2. The van der Waals surface area contributed by atoms with Crippen LogP contribution in [0.1, 0.15) is 34.5 Å². The van der Waals surface area contributed by atoms with Gasteiger partial charge in [-0.05, 0) is 25.5 Å². The number of H-pyrrole nitrogens is 2. The summed E-state index contributed by atoms with van der Waals surface area (Å²) in [6.07, 6.45) is 2.56. The van der Waals surface area contributed by atoms with E-state index in [4.69, 9.17) is 4.74 Å². The molecule has 2 aromatic rings. The van der Waals surface area contributed by atoms with Crippen LogP contribution in [0.15, 0.2) is 18.3 Å². The van der Waals surface area contributed by atoms with E-state index in [1.807, 2.05) is 13.0 Å². The Hall–Kier alpha value is -2.15. The molecule has 21 heavy (non-hydrogen) atoms. The smallest absolute Gasteiger partial charge is 0.270 e. The van der Waals surface area contributed by atoms with E-state index in [9.17, 15) is 4.79 Å². The van der Waals surface area contributed by atoms with E-state index in [-0.39, 0.29) is 17.9 Å². The lowest BCUT2D eigenvalue weighted by Gasteiger charge is -2.23. The van der Waals surface area contributed by atoms with Crippen LogP contribution in [0.3, 0.4) is 0 Å². The molecule has 0 aromatic carbocycles. The number of aromatic nitrogens is 4. The third-order valence-corrected chi connectivity index (χ3v) is 3.78. The van der Waals surface area contributed by atoms with Gasteiger partial charge in [0, 0.05) is 26.4 Å². The molecule has 3 rings (SSSR count). The monoisotopic (exact) mass is 289 g/mol. The molecule has 0 unspecified atom stereocenters. The lowest BCUT2D eigenvalue weighted by atomic mass is 10.0. The molecule has 0 spiro atoms. The molecule has 7 heteroatoms. The minimum atomic E-state index is -0.0656. The zero-order valence-electron chi connectivity index (χ0n) is 12.2. The lowest BCUT2D eigenvalue weighted by Crippen LogP contribution is -2.36. The van der Waals surface area contributed by atoms with Crippen molar-refractivity contribution in [2.24, 2.45) is 0 Å². The van der Waals surface area contributed by atoms with Crippen LogP contribution in [-0.2, 0) is 4.74 Å². The SMILES string of the molecule is Cc1nc([C@@H]2CCO[C@@H]2CN(C)C(=O)c2ccc[nH]2)n[nH]1. The number of rotatable bonds is 4. The predicted octanol–water partition coefficient (Wildman–Crippen LogP) is 1.09. The van der Waals surface area contributed by atoms with Crippen molar-refractivity contribution in [2.45, 2.75) is 25.4 Å². The Morgan fingerprint density at radius 2 is 2.43 bits per heavy atom. The number of carbonyl (C=O) groups excluding carboxylic acids is 1. The number of nitrogens with one attached hydrogen (secondary N) is 2. The van der Waals surface area contributed by atoms with E-state index >= 15 is 0 Å². The molecule has 112 valence electrons. The maximum absolute atomic E-state index is 12.2. The highest BCUT2D eigenvalue weighted by Crippen LogP contribution is 2.29. The van der Waals surface area contributed by atoms with Gasteiger partial charge in [-0.25, -0.2) is 4.98 Å². The summed E-state index contributed by atoms with van der Waals surface area (Å²) in [4.78, 5) is 21.2. The van der Waals surface area contributed by atoms with Crippen LogP contribution in [0.5, 0.6) is 0 Å². The van der Waals surface area contributed by atoms with Crippen LogP contribution in [0.2, 0.25) is 0 Å². The first-order valence-corrected chi connectivity index (χ1v) is 7.04. The van der Waals surface area contributed by atoms with Crippen molar-refractivity contribution in [2.75, 3.05) is 20.2 Å². The molecule has 1 saturated heterocycles. The van der Waals surface area contributed by atoms with Gasteiger partial charge in [-0.2, -0.15) is 5.10 Å². The number of aryl methyl sites for hydroxylation is 1.